The van der Waals surface area contributed by atoms with E-state index in [0.29, 0.717) is 5.56 Å². The minimum absolute atomic E-state index is 0.0278. The Labute approximate surface area is 121 Å². The lowest BCUT2D eigenvalue weighted by molar-refractivity contribution is -0.383. The van der Waals surface area contributed by atoms with E-state index in [1.807, 2.05) is 37.3 Å². The topological polar surface area (TPSA) is 98.3 Å². The molecule has 0 aliphatic carbocycles. The van der Waals surface area contributed by atoms with Crippen molar-refractivity contribution in [2.24, 2.45) is 0 Å². The largest absolute Gasteiger partial charge is 0.393 e. The van der Waals surface area contributed by atoms with E-state index in [4.69, 9.17) is 5.73 Å². The normalized spacial score (nSPS) is 11.7. The van der Waals surface area contributed by atoms with Crippen LogP contribution in [0.4, 0.5) is 11.4 Å². The third-order valence-corrected chi connectivity index (χ3v) is 3.13. The van der Waals surface area contributed by atoms with Gasteiger partial charge in [-0.3, -0.25) is 14.9 Å². The number of benzene rings is 2. The van der Waals surface area contributed by atoms with Crippen molar-refractivity contribution in [3.8, 4) is 0 Å². The maximum Gasteiger partial charge on any atom is 0.292 e. The highest BCUT2D eigenvalue weighted by Crippen LogP contribution is 2.22. The van der Waals surface area contributed by atoms with Gasteiger partial charge in [0, 0.05) is 11.6 Å². The predicted octanol–water partition coefficient (Wildman–Crippen LogP) is 2.67. The SMILES string of the molecule is CC(NC(=O)c1ccc([N+](=O)[O-])c(N)c1)c1ccccc1. The second kappa shape index (κ2) is 6.04. The van der Waals surface area contributed by atoms with Crippen LogP contribution in [0.2, 0.25) is 0 Å². The molecule has 0 radical (unpaired) electrons. The number of rotatable bonds is 4. The number of nitro groups is 1. The van der Waals surface area contributed by atoms with Gasteiger partial charge in [-0.15, -0.1) is 0 Å². The third kappa shape index (κ3) is 3.36. The molecule has 0 saturated carbocycles. The predicted molar refractivity (Wildman–Crippen MR) is 79.8 cm³/mol. The first kappa shape index (κ1) is 14.5. The van der Waals surface area contributed by atoms with Crippen LogP contribution in [-0.2, 0) is 0 Å². The van der Waals surface area contributed by atoms with Gasteiger partial charge in [0.2, 0.25) is 0 Å². The number of amides is 1. The number of nitrogens with one attached hydrogen (secondary N) is 1. The molecule has 0 aromatic heterocycles. The van der Waals surface area contributed by atoms with Crippen molar-refractivity contribution >= 4 is 17.3 Å². The Morgan fingerprint density at radius 1 is 1.24 bits per heavy atom. The van der Waals surface area contributed by atoms with Gasteiger partial charge in [0.1, 0.15) is 5.69 Å². The lowest BCUT2D eigenvalue weighted by Crippen LogP contribution is -2.26. The number of nitrogen functional groups attached to an aromatic ring is 1. The smallest absolute Gasteiger partial charge is 0.292 e. The van der Waals surface area contributed by atoms with Crippen LogP contribution < -0.4 is 11.1 Å². The molecule has 21 heavy (non-hydrogen) atoms. The second-order valence-corrected chi connectivity index (χ2v) is 4.64. The Hall–Kier alpha value is -2.89. The Balaban J connectivity index is 2.14. The maximum atomic E-state index is 12.1. The summed E-state index contributed by atoms with van der Waals surface area (Å²) in [5.74, 6) is -0.326. The second-order valence-electron chi connectivity index (χ2n) is 4.64. The zero-order chi connectivity index (χ0) is 15.4. The number of hydrogen-bond donors (Lipinski definition) is 2. The molecule has 6 heteroatoms. The Morgan fingerprint density at radius 3 is 2.48 bits per heavy atom. The Bertz CT molecular complexity index is 671. The van der Waals surface area contributed by atoms with Crippen molar-refractivity contribution in [1.82, 2.24) is 5.32 Å². The molecule has 0 heterocycles. The van der Waals surface area contributed by atoms with Crippen molar-refractivity contribution < 1.29 is 9.72 Å². The van der Waals surface area contributed by atoms with Crippen molar-refractivity contribution in [3.63, 3.8) is 0 Å². The van der Waals surface area contributed by atoms with Crippen LogP contribution in [0.5, 0.6) is 0 Å². The van der Waals surface area contributed by atoms with Crippen molar-refractivity contribution in [2.75, 3.05) is 5.73 Å². The molecule has 2 rings (SSSR count). The zero-order valence-electron chi connectivity index (χ0n) is 11.4. The van der Waals surface area contributed by atoms with E-state index in [-0.39, 0.29) is 23.3 Å². The molecule has 1 unspecified atom stereocenters. The van der Waals surface area contributed by atoms with E-state index < -0.39 is 4.92 Å². The molecule has 2 aromatic rings. The van der Waals surface area contributed by atoms with Gasteiger partial charge in [0.05, 0.1) is 11.0 Å². The summed E-state index contributed by atoms with van der Waals surface area (Å²) in [4.78, 5) is 22.2. The first-order chi connectivity index (χ1) is 9.99. The average Bonchev–Trinajstić information content (AvgIpc) is 2.47. The molecule has 3 N–H and O–H groups in total. The minimum Gasteiger partial charge on any atom is -0.393 e. The van der Waals surface area contributed by atoms with Crippen LogP contribution in [0.15, 0.2) is 48.5 Å². The number of anilines is 1. The molecule has 0 aliphatic heterocycles. The molecule has 6 nitrogen and oxygen atoms in total. The maximum absolute atomic E-state index is 12.1. The van der Waals surface area contributed by atoms with E-state index in [2.05, 4.69) is 5.32 Å². The van der Waals surface area contributed by atoms with Crippen LogP contribution in [0, 0.1) is 10.1 Å². The van der Waals surface area contributed by atoms with Gasteiger partial charge in [-0.25, -0.2) is 0 Å². The fourth-order valence-electron chi connectivity index (χ4n) is 1.97. The Kier molecular flexibility index (Phi) is 4.18. The van der Waals surface area contributed by atoms with Crippen molar-refractivity contribution in [1.29, 1.82) is 0 Å². The van der Waals surface area contributed by atoms with Crippen molar-refractivity contribution in [3.05, 3.63) is 69.8 Å². The molecule has 0 saturated heterocycles. The molecule has 1 amide bonds. The van der Waals surface area contributed by atoms with Gasteiger partial charge in [-0.1, -0.05) is 30.3 Å². The van der Waals surface area contributed by atoms with Crippen LogP contribution in [-0.4, -0.2) is 10.8 Å². The quantitative estimate of drug-likeness (QED) is 0.512. The van der Waals surface area contributed by atoms with Crippen LogP contribution >= 0.6 is 0 Å². The summed E-state index contributed by atoms with van der Waals surface area (Å²) < 4.78 is 0. The molecule has 2 aromatic carbocycles. The fraction of sp³-hybridized carbons (Fsp3) is 0.133. The number of nitrogens with zero attached hydrogens (tertiary/aromatic N) is 1. The van der Waals surface area contributed by atoms with Gasteiger partial charge in [-0.05, 0) is 24.6 Å². The summed E-state index contributed by atoms with van der Waals surface area (Å²) >= 11 is 0. The van der Waals surface area contributed by atoms with Gasteiger partial charge in [0.15, 0.2) is 0 Å². The number of nitro benzene ring substituents is 1. The van der Waals surface area contributed by atoms with E-state index in [0.717, 1.165) is 5.56 Å². The van der Waals surface area contributed by atoms with Crippen LogP contribution in [0.3, 0.4) is 0 Å². The highest BCUT2D eigenvalue weighted by atomic mass is 16.6. The van der Waals surface area contributed by atoms with Gasteiger partial charge >= 0.3 is 0 Å². The van der Waals surface area contributed by atoms with Gasteiger partial charge in [0.25, 0.3) is 11.6 Å². The molecule has 0 aliphatic rings. The lowest BCUT2D eigenvalue weighted by Gasteiger charge is -2.14. The Morgan fingerprint density at radius 2 is 1.90 bits per heavy atom. The zero-order valence-corrected chi connectivity index (χ0v) is 11.4. The average molecular weight is 285 g/mol. The van der Waals surface area contributed by atoms with E-state index >= 15 is 0 Å². The molecule has 0 fully saturated rings. The molecular formula is C15H15N3O3. The molecule has 0 spiro atoms. The summed E-state index contributed by atoms with van der Waals surface area (Å²) in [6.07, 6.45) is 0. The standard InChI is InChI=1S/C15H15N3O3/c1-10(11-5-3-2-4-6-11)17-15(19)12-7-8-14(18(20)21)13(16)9-12/h2-10H,16H2,1H3,(H,17,19). The summed E-state index contributed by atoms with van der Waals surface area (Å²) in [6, 6.07) is 13.3. The highest BCUT2D eigenvalue weighted by molar-refractivity contribution is 5.96. The first-order valence-corrected chi connectivity index (χ1v) is 6.38. The fourth-order valence-corrected chi connectivity index (χ4v) is 1.97. The molecular weight excluding hydrogens is 270 g/mol. The van der Waals surface area contributed by atoms with E-state index in [1.54, 1.807) is 0 Å². The summed E-state index contributed by atoms with van der Waals surface area (Å²) in [5, 5.41) is 13.5. The third-order valence-electron chi connectivity index (χ3n) is 3.13. The monoisotopic (exact) mass is 285 g/mol. The van der Waals surface area contributed by atoms with Crippen LogP contribution in [0.25, 0.3) is 0 Å². The van der Waals surface area contributed by atoms with Gasteiger partial charge in [-0.2, -0.15) is 0 Å². The molecule has 0 bridgehead atoms. The highest BCUT2D eigenvalue weighted by Gasteiger charge is 2.16. The van der Waals surface area contributed by atoms with E-state index in [1.165, 1.54) is 18.2 Å². The lowest BCUT2D eigenvalue weighted by atomic mass is 10.1. The molecule has 1 atom stereocenters. The minimum atomic E-state index is -0.580. The van der Waals surface area contributed by atoms with Crippen molar-refractivity contribution in [2.45, 2.75) is 13.0 Å². The van der Waals surface area contributed by atoms with E-state index in [9.17, 15) is 14.9 Å². The first-order valence-electron chi connectivity index (χ1n) is 6.38. The summed E-state index contributed by atoms with van der Waals surface area (Å²) in [7, 11) is 0. The number of carbonyl (C=O) groups is 1. The summed E-state index contributed by atoms with van der Waals surface area (Å²) in [5.41, 5.74) is 6.61. The summed E-state index contributed by atoms with van der Waals surface area (Å²) in [6.45, 7) is 1.86. The number of hydrogen-bond acceptors (Lipinski definition) is 4. The van der Waals surface area contributed by atoms with Crippen LogP contribution in [0.1, 0.15) is 28.9 Å². The van der Waals surface area contributed by atoms with Gasteiger partial charge < -0.3 is 11.1 Å². The number of nitrogens with two attached hydrogens (primary N) is 1. The number of carbonyl (C=O) groups excluding carboxylic acids is 1. The molecule has 108 valence electrons.